The molecule has 7 heteroatoms. The van der Waals surface area contributed by atoms with Crippen molar-refractivity contribution in [1.82, 2.24) is 15.0 Å². The Morgan fingerprint density at radius 3 is 1.40 bits per heavy atom. The van der Waals surface area contributed by atoms with Crippen LogP contribution in [-0.2, 0) is 22.7 Å². The molecule has 5 rings (SSSR count). The summed E-state index contributed by atoms with van der Waals surface area (Å²) < 4.78 is 14.3. The van der Waals surface area contributed by atoms with Crippen LogP contribution in [0.1, 0.15) is 76.3 Å². The highest BCUT2D eigenvalue weighted by Gasteiger charge is 2.10. The van der Waals surface area contributed by atoms with Gasteiger partial charge in [-0.25, -0.2) is 4.98 Å². The molecule has 0 spiro atoms. The zero-order valence-electron chi connectivity index (χ0n) is 28.1. The van der Waals surface area contributed by atoms with Gasteiger partial charge in [-0.05, 0) is 141 Å². The highest BCUT2D eigenvalue weighted by molar-refractivity contribution is 14.1. The maximum absolute atomic E-state index is 5.96. The van der Waals surface area contributed by atoms with Crippen LogP contribution in [0.4, 0.5) is 0 Å². The van der Waals surface area contributed by atoms with Crippen LogP contribution in [0.15, 0.2) is 91.3 Å². The second-order valence-electron chi connectivity index (χ2n) is 12.2. The molecule has 5 aromatic rings. The summed E-state index contributed by atoms with van der Waals surface area (Å²) in [6.45, 7) is 7.35. The molecule has 0 atom stereocenters. The Labute approximate surface area is 313 Å². The van der Waals surface area contributed by atoms with E-state index in [4.69, 9.17) is 24.4 Å². The minimum Gasteiger partial charge on any atom is -0.377 e. The predicted octanol–water partition coefficient (Wildman–Crippen LogP) is 11.9. The Kier molecular flexibility index (Phi) is 14.8. The highest BCUT2D eigenvalue weighted by atomic mass is 127. The van der Waals surface area contributed by atoms with Crippen LogP contribution in [0.5, 0.6) is 0 Å². The smallest absolute Gasteiger partial charge is 0.0894 e. The lowest BCUT2D eigenvalue weighted by molar-refractivity contribution is 0.116. The quantitative estimate of drug-likeness (QED) is 0.0649. The monoisotopic (exact) mass is 865 g/mol. The molecule has 0 aliphatic carbocycles. The molecule has 0 aliphatic rings. The van der Waals surface area contributed by atoms with Gasteiger partial charge in [-0.2, -0.15) is 0 Å². The SMILES string of the molecule is CCCCCCOCc1cc(I)cc(-c2ccc(-c3cccc(-c4ccc(-c5cc(I)cc(COCCCCCC)c5)cn4)n3)nc2)c1. The van der Waals surface area contributed by atoms with Crippen molar-refractivity contribution in [2.24, 2.45) is 0 Å². The number of aromatic nitrogens is 3. The van der Waals surface area contributed by atoms with Crippen molar-refractivity contribution in [1.29, 1.82) is 0 Å². The Hall–Kier alpha value is -2.73. The minimum absolute atomic E-state index is 0.632. The standard InChI is InChI=1S/C41H45I2N3O2/c1-3-5-7-9-18-47-28-30-20-34(24-36(42)22-30)32-14-16-38(44-26-32)40-12-11-13-41(46-40)39-17-15-33(27-45-39)35-21-31(23-37(43)25-35)29-48-19-10-8-6-4-2/h11-17,20-27H,3-10,18-19,28-29H2,1-2H3. The molecule has 0 amide bonds. The zero-order chi connectivity index (χ0) is 33.6. The molecule has 0 saturated carbocycles. The van der Waals surface area contributed by atoms with E-state index in [9.17, 15) is 0 Å². The fourth-order valence-electron chi connectivity index (χ4n) is 5.59. The van der Waals surface area contributed by atoms with Crippen molar-refractivity contribution in [2.75, 3.05) is 13.2 Å². The van der Waals surface area contributed by atoms with Crippen LogP contribution in [0.25, 0.3) is 45.0 Å². The van der Waals surface area contributed by atoms with Crippen LogP contribution in [0.2, 0.25) is 0 Å². The number of rotatable bonds is 18. The third-order valence-electron chi connectivity index (χ3n) is 8.20. The van der Waals surface area contributed by atoms with Crippen LogP contribution in [0.3, 0.4) is 0 Å². The van der Waals surface area contributed by atoms with Gasteiger partial charge in [0.2, 0.25) is 0 Å². The van der Waals surface area contributed by atoms with Gasteiger partial charge in [-0.1, -0.05) is 70.6 Å². The number of unbranched alkanes of at least 4 members (excludes halogenated alkanes) is 6. The first-order valence-electron chi connectivity index (χ1n) is 17.2. The molecule has 0 aliphatic heterocycles. The van der Waals surface area contributed by atoms with E-state index in [0.717, 1.165) is 71.1 Å². The summed E-state index contributed by atoms with van der Waals surface area (Å²) in [5.74, 6) is 0. The summed E-state index contributed by atoms with van der Waals surface area (Å²) in [6, 6.07) is 27.5. The molecule has 0 radical (unpaired) electrons. The lowest BCUT2D eigenvalue weighted by atomic mass is 10.0. The number of nitrogens with zero attached hydrogens (tertiary/aromatic N) is 3. The molecule has 5 nitrogen and oxygen atoms in total. The lowest BCUT2D eigenvalue weighted by Gasteiger charge is -2.10. The summed E-state index contributed by atoms with van der Waals surface area (Å²) in [5, 5.41) is 0. The summed E-state index contributed by atoms with van der Waals surface area (Å²) in [7, 11) is 0. The molecular weight excluding hydrogens is 820 g/mol. The molecule has 3 aromatic heterocycles. The van der Waals surface area contributed by atoms with Gasteiger partial charge >= 0.3 is 0 Å². The van der Waals surface area contributed by atoms with Gasteiger partial charge < -0.3 is 9.47 Å². The van der Waals surface area contributed by atoms with Gasteiger partial charge in [0, 0.05) is 43.9 Å². The number of hydrogen-bond donors (Lipinski definition) is 0. The normalized spacial score (nSPS) is 11.2. The largest absolute Gasteiger partial charge is 0.377 e. The van der Waals surface area contributed by atoms with Gasteiger partial charge in [0.15, 0.2) is 0 Å². The minimum atomic E-state index is 0.632. The highest BCUT2D eigenvalue weighted by Crippen LogP contribution is 2.28. The third-order valence-corrected chi connectivity index (χ3v) is 9.45. The van der Waals surface area contributed by atoms with Gasteiger partial charge in [0.1, 0.15) is 0 Å². The van der Waals surface area contributed by atoms with E-state index in [1.165, 1.54) is 56.8 Å². The number of benzene rings is 2. The molecule has 48 heavy (non-hydrogen) atoms. The topological polar surface area (TPSA) is 57.1 Å². The van der Waals surface area contributed by atoms with Gasteiger partial charge in [0.25, 0.3) is 0 Å². The fourth-order valence-corrected chi connectivity index (χ4v) is 7.07. The summed E-state index contributed by atoms with van der Waals surface area (Å²) in [4.78, 5) is 14.5. The number of hydrogen-bond acceptors (Lipinski definition) is 5. The third kappa shape index (κ3) is 11.1. The van der Waals surface area contributed by atoms with E-state index in [0.29, 0.717) is 13.2 Å². The average molecular weight is 866 g/mol. The number of halogens is 2. The van der Waals surface area contributed by atoms with E-state index in [-0.39, 0.29) is 0 Å². The molecule has 0 saturated heterocycles. The summed E-state index contributed by atoms with van der Waals surface area (Å²) in [6.07, 6.45) is 13.6. The van der Waals surface area contributed by atoms with E-state index in [2.05, 4.69) is 108 Å². The molecule has 0 bridgehead atoms. The molecule has 0 unspecified atom stereocenters. The molecule has 2 aromatic carbocycles. The summed E-state index contributed by atoms with van der Waals surface area (Å²) in [5.41, 5.74) is 10.1. The van der Waals surface area contributed by atoms with Crippen LogP contribution in [-0.4, -0.2) is 28.2 Å². The average Bonchev–Trinajstić information content (AvgIpc) is 3.11. The molecule has 3 heterocycles. The molecule has 250 valence electrons. The first-order valence-corrected chi connectivity index (χ1v) is 19.3. The van der Waals surface area contributed by atoms with Crippen molar-refractivity contribution in [3.05, 3.63) is 110 Å². The van der Waals surface area contributed by atoms with Crippen molar-refractivity contribution >= 4 is 45.2 Å². The van der Waals surface area contributed by atoms with E-state index in [1.807, 2.05) is 42.7 Å². The molecular formula is C41H45I2N3O2. The Morgan fingerprint density at radius 1 is 0.500 bits per heavy atom. The summed E-state index contributed by atoms with van der Waals surface area (Å²) >= 11 is 4.76. The van der Waals surface area contributed by atoms with Gasteiger partial charge in [0.05, 0.1) is 36.0 Å². The van der Waals surface area contributed by atoms with E-state index >= 15 is 0 Å². The number of ether oxygens (including phenoxy) is 2. The van der Waals surface area contributed by atoms with Crippen LogP contribution < -0.4 is 0 Å². The van der Waals surface area contributed by atoms with Gasteiger partial charge in [-0.3, -0.25) is 9.97 Å². The first kappa shape index (κ1) is 36.5. The molecule has 0 fully saturated rings. The van der Waals surface area contributed by atoms with Crippen molar-refractivity contribution in [3.63, 3.8) is 0 Å². The van der Waals surface area contributed by atoms with Crippen molar-refractivity contribution in [2.45, 2.75) is 78.4 Å². The fraction of sp³-hybridized carbons (Fsp3) is 0.341. The maximum atomic E-state index is 5.96. The zero-order valence-corrected chi connectivity index (χ0v) is 32.4. The first-order chi connectivity index (χ1) is 23.5. The molecule has 0 N–H and O–H groups in total. The van der Waals surface area contributed by atoms with E-state index < -0.39 is 0 Å². The Bertz CT molecular complexity index is 1600. The Morgan fingerprint density at radius 2 is 0.979 bits per heavy atom. The second kappa shape index (κ2) is 19.5. The van der Waals surface area contributed by atoms with Crippen LogP contribution in [0, 0.1) is 7.14 Å². The number of pyridine rings is 3. The second-order valence-corrected chi connectivity index (χ2v) is 14.7. The predicted molar refractivity (Wildman–Crippen MR) is 215 cm³/mol. The maximum Gasteiger partial charge on any atom is 0.0894 e. The van der Waals surface area contributed by atoms with Gasteiger partial charge in [-0.15, -0.1) is 0 Å². The van der Waals surface area contributed by atoms with Crippen molar-refractivity contribution in [3.8, 4) is 45.0 Å². The van der Waals surface area contributed by atoms with E-state index in [1.54, 1.807) is 0 Å². The lowest BCUT2D eigenvalue weighted by Crippen LogP contribution is -1.97. The van der Waals surface area contributed by atoms with Crippen molar-refractivity contribution < 1.29 is 9.47 Å². The Balaban J connectivity index is 1.23. The van der Waals surface area contributed by atoms with Crippen LogP contribution >= 0.6 is 45.2 Å².